The number of carboxylic acid groups (broad SMARTS) is 1. The van der Waals surface area contributed by atoms with Gasteiger partial charge in [-0.25, -0.2) is 13.8 Å². The third-order valence-corrected chi connectivity index (χ3v) is 9.77. The molecule has 0 spiro atoms. The summed E-state index contributed by atoms with van der Waals surface area (Å²) in [4.78, 5) is 27.1. The summed E-state index contributed by atoms with van der Waals surface area (Å²) in [6, 6.07) is 15.4. The number of nitrogens with one attached hydrogen (secondary N) is 2. The third kappa shape index (κ3) is 6.32. The van der Waals surface area contributed by atoms with Gasteiger partial charge in [0.05, 0.1) is 12.0 Å². The van der Waals surface area contributed by atoms with E-state index < -0.39 is 28.4 Å². The van der Waals surface area contributed by atoms with Crippen molar-refractivity contribution in [2.24, 2.45) is 0 Å². The number of aromatic amines is 2. The first kappa shape index (κ1) is 32.2. The van der Waals surface area contributed by atoms with Crippen LogP contribution in [0.1, 0.15) is 87.0 Å². The summed E-state index contributed by atoms with van der Waals surface area (Å²) in [5.41, 5.74) is 3.03. The van der Waals surface area contributed by atoms with Gasteiger partial charge in [0.1, 0.15) is 17.4 Å². The Morgan fingerprint density at radius 1 is 1.02 bits per heavy atom. The Kier molecular flexibility index (Phi) is 8.30. The number of hydrogen-bond donors (Lipinski definition) is 3. The topological polar surface area (TPSA) is 130 Å². The first-order chi connectivity index (χ1) is 23.5. The lowest BCUT2D eigenvalue weighted by Gasteiger charge is -2.30. The molecule has 0 radical (unpaired) electrons. The molecule has 6 bridgehead atoms. The molecule has 0 amide bonds. The smallest absolute Gasteiger partial charge is 0.303 e. The first-order valence-corrected chi connectivity index (χ1v) is 16.5. The van der Waals surface area contributed by atoms with Crippen molar-refractivity contribution < 1.29 is 27.9 Å². The highest BCUT2D eigenvalue weighted by atomic mass is 19.1. The summed E-state index contributed by atoms with van der Waals surface area (Å²) in [6.07, 6.45) is 7.24. The number of fused-ring (bicyclic) bond motifs is 10. The van der Waals surface area contributed by atoms with E-state index in [4.69, 9.17) is 14.2 Å². The van der Waals surface area contributed by atoms with Gasteiger partial charge in [-0.1, -0.05) is 56.1 Å². The Hall–Kier alpha value is -5.32. The van der Waals surface area contributed by atoms with Crippen molar-refractivity contribution in [3.05, 3.63) is 113 Å². The van der Waals surface area contributed by atoms with Gasteiger partial charge in [-0.3, -0.25) is 4.79 Å². The minimum atomic E-state index is -0.852. The zero-order chi connectivity index (χ0) is 34.3. The van der Waals surface area contributed by atoms with E-state index in [1.54, 1.807) is 12.4 Å². The standard InChI is InChI=1S/C38H37F2N5O4/c1-37(2)14-4-5-15-38(3,23-8-6-7-22(17-23)9-12-33(46)47)31-21-42-35(43-31)27-18-24(10-11-28(27)39)48-34-26(19-32-44-36(37)45-49-32)25-13-16-41-30(25)20-29(34)40/h6-8,10-11,13,16-18,20-21,41H,4-5,9,12,14-15,19H2,1-3H3,(H,42,43)(H,46,47). The molecule has 252 valence electrons. The number of nitrogens with zero attached hydrogens (tertiary/aromatic N) is 3. The number of aromatic nitrogens is 5. The van der Waals surface area contributed by atoms with Crippen LogP contribution in [0.15, 0.2) is 71.5 Å². The van der Waals surface area contributed by atoms with Gasteiger partial charge < -0.3 is 24.3 Å². The third-order valence-electron chi connectivity index (χ3n) is 9.77. The predicted molar refractivity (Wildman–Crippen MR) is 180 cm³/mol. The van der Waals surface area contributed by atoms with Crippen molar-refractivity contribution in [3.63, 3.8) is 0 Å². The number of imidazole rings is 1. The van der Waals surface area contributed by atoms with E-state index >= 15 is 8.78 Å². The minimum absolute atomic E-state index is 0.0166. The molecule has 9 nitrogen and oxygen atoms in total. The fourth-order valence-corrected chi connectivity index (χ4v) is 6.78. The maximum atomic E-state index is 15.7. The molecule has 0 saturated heterocycles. The second-order valence-electron chi connectivity index (χ2n) is 13.7. The first-order valence-electron chi connectivity index (χ1n) is 16.5. The van der Waals surface area contributed by atoms with E-state index in [1.165, 1.54) is 24.3 Å². The normalized spacial score (nSPS) is 17.8. The number of ether oxygens (including phenoxy) is 1. The maximum Gasteiger partial charge on any atom is 0.303 e. The summed E-state index contributed by atoms with van der Waals surface area (Å²) in [7, 11) is 0. The Labute approximate surface area is 281 Å². The van der Waals surface area contributed by atoms with Crippen molar-refractivity contribution in [2.75, 3.05) is 0 Å². The van der Waals surface area contributed by atoms with Crippen LogP contribution in [0.2, 0.25) is 0 Å². The van der Waals surface area contributed by atoms with Gasteiger partial charge in [-0.05, 0) is 61.6 Å². The van der Waals surface area contributed by atoms with Crippen LogP contribution in [-0.2, 0) is 28.5 Å². The van der Waals surface area contributed by atoms with Gasteiger partial charge >= 0.3 is 5.97 Å². The van der Waals surface area contributed by atoms with Crippen LogP contribution < -0.4 is 4.74 Å². The molecule has 0 fully saturated rings. The fourth-order valence-electron chi connectivity index (χ4n) is 6.78. The molecule has 0 saturated carbocycles. The van der Waals surface area contributed by atoms with Gasteiger partial charge in [0.15, 0.2) is 17.4 Å². The van der Waals surface area contributed by atoms with Crippen molar-refractivity contribution in [2.45, 2.75) is 76.5 Å². The average molecular weight is 666 g/mol. The molecule has 3 aromatic carbocycles. The van der Waals surface area contributed by atoms with E-state index in [-0.39, 0.29) is 29.9 Å². The molecule has 0 aliphatic carbocycles. The van der Waals surface area contributed by atoms with Crippen LogP contribution >= 0.6 is 0 Å². The number of H-pyrrole nitrogens is 2. The SMILES string of the molecule is CC1(C)CCCCC(C)(c2cccc(CCC(=O)O)c2)c2cnc([nH]2)-c2cc(ccc2F)Oc2c(F)cc3[nH]ccc3c2Cc2nc1no2. The molecule has 6 aromatic rings. The molecule has 1 aliphatic heterocycles. The molecule has 49 heavy (non-hydrogen) atoms. The number of benzene rings is 3. The van der Waals surface area contributed by atoms with Gasteiger partial charge in [0, 0.05) is 57.9 Å². The van der Waals surface area contributed by atoms with Crippen LogP contribution in [0.25, 0.3) is 22.3 Å². The lowest BCUT2D eigenvalue weighted by Crippen LogP contribution is -2.25. The largest absolute Gasteiger partial charge is 0.481 e. The zero-order valence-corrected chi connectivity index (χ0v) is 27.6. The molecule has 1 aliphatic rings. The van der Waals surface area contributed by atoms with Gasteiger partial charge in [0.2, 0.25) is 5.89 Å². The number of aliphatic carboxylic acids is 1. The highest BCUT2D eigenvalue weighted by Crippen LogP contribution is 2.41. The highest BCUT2D eigenvalue weighted by molar-refractivity contribution is 5.86. The summed E-state index contributed by atoms with van der Waals surface area (Å²) in [6.45, 7) is 6.29. The molecule has 1 unspecified atom stereocenters. The summed E-state index contributed by atoms with van der Waals surface area (Å²) >= 11 is 0. The second-order valence-corrected chi connectivity index (χ2v) is 13.7. The Morgan fingerprint density at radius 3 is 2.69 bits per heavy atom. The molecular weight excluding hydrogens is 628 g/mol. The van der Waals surface area contributed by atoms with E-state index in [9.17, 15) is 9.90 Å². The average Bonchev–Trinajstić information content (AvgIpc) is 3.86. The van der Waals surface area contributed by atoms with E-state index in [2.05, 4.69) is 40.9 Å². The van der Waals surface area contributed by atoms with Crippen LogP contribution in [0.5, 0.6) is 11.5 Å². The van der Waals surface area contributed by atoms with E-state index in [0.717, 1.165) is 47.9 Å². The Bertz CT molecular complexity index is 2170. The van der Waals surface area contributed by atoms with Gasteiger partial charge in [-0.2, -0.15) is 4.98 Å². The second kappa shape index (κ2) is 12.6. The number of hydrogen-bond acceptors (Lipinski definition) is 6. The van der Waals surface area contributed by atoms with Gasteiger partial charge in [0.25, 0.3) is 0 Å². The van der Waals surface area contributed by atoms with Crippen molar-refractivity contribution >= 4 is 16.9 Å². The van der Waals surface area contributed by atoms with Crippen LogP contribution in [0.4, 0.5) is 8.78 Å². The molecule has 3 aromatic heterocycles. The van der Waals surface area contributed by atoms with Crippen molar-refractivity contribution in [1.82, 2.24) is 25.1 Å². The predicted octanol–water partition coefficient (Wildman–Crippen LogP) is 8.78. The van der Waals surface area contributed by atoms with E-state index in [1.807, 2.05) is 30.3 Å². The van der Waals surface area contributed by atoms with Crippen LogP contribution in [0, 0.1) is 11.6 Å². The van der Waals surface area contributed by atoms with Gasteiger partial charge in [-0.15, -0.1) is 0 Å². The highest BCUT2D eigenvalue weighted by Gasteiger charge is 2.33. The fraction of sp³-hybridized carbons (Fsp3) is 0.316. The molecular formula is C38H37F2N5O4. The molecule has 3 N–H and O–H groups in total. The molecule has 4 heterocycles. The number of carbonyl (C=O) groups is 1. The van der Waals surface area contributed by atoms with Crippen LogP contribution in [0.3, 0.4) is 0 Å². The van der Waals surface area contributed by atoms with Crippen molar-refractivity contribution in [3.8, 4) is 22.9 Å². The summed E-state index contributed by atoms with van der Waals surface area (Å²) in [5, 5.41) is 14.3. The quantitative estimate of drug-likeness (QED) is 0.172. The lowest BCUT2D eigenvalue weighted by atomic mass is 9.74. The Balaban J connectivity index is 1.34. The Morgan fingerprint density at radius 2 is 1.86 bits per heavy atom. The monoisotopic (exact) mass is 665 g/mol. The number of carboxylic acids is 1. The number of rotatable bonds is 4. The molecule has 7 rings (SSSR count). The van der Waals surface area contributed by atoms with Crippen molar-refractivity contribution in [1.29, 1.82) is 0 Å². The number of halogens is 2. The van der Waals surface area contributed by atoms with Crippen LogP contribution in [-0.4, -0.2) is 36.2 Å². The maximum absolute atomic E-state index is 15.7. The summed E-state index contributed by atoms with van der Waals surface area (Å²) < 4.78 is 43.1. The summed E-state index contributed by atoms with van der Waals surface area (Å²) in [5.74, 6) is -0.542. The molecule has 11 heteroatoms. The van der Waals surface area contributed by atoms with E-state index in [0.29, 0.717) is 35.0 Å². The minimum Gasteiger partial charge on any atom is -0.481 e. The zero-order valence-electron chi connectivity index (χ0n) is 27.6. The number of aryl methyl sites for hydroxylation is 1. The molecule has 1 atom stereocenters. The lowest BCUT2D eigenvalue weighted by molar-refractivity contribution is -0.136.